The summed E-state index contributed by atoms with van der Waals surface area (Å²) in [5.74, 6) is 1.20. The van der Waals surface area contributed by atoms with Crippen LogP contribution in [0.15, 0.2) is 42.5 Å². The van der Waals surface area contributed by atoms with Gasteiger partial charge in [0, 0.05) is 12.8 Å². The minimum atomic E-state index is 0.313. The Morgan fingerprint density at radius 3 is 2.43 bits per heavy atom. The quantitative estimate of drug-likeness (QED) is 0.682. The summed E-state index contributed by atoms with van der Waals surface area (Å²) in [5, 5.41) is 0. The number of hydrogen-bond acceptors (Lipinski definition) is 2. The largest absolute Gasteiger partial charge is 0.489 e. The van der Waals surface area contributed by atoms with Crippen molar-refractivity contribution in [3.8, 4) is 5.75 Å². The second kappa shape index (κ2) is 8.52. The van der Waals surface area contributed by atoms with Gasteiger partial charge in [-0.25, -0.2) is 0 Å². The SMILES string of the molecule is CCC(=O)CCc1cccc(C)c1COc1ccc(CC)cc1. The first-order valence-corrected chi connectivity index (χ1v) is 8.44. The van der Waals surface area contributed by atoms with Crippen molar-refractivity contribution in [3.05, 3.63) is 64.7 Å². The first kappa shape index (κ1) is 17.3. The highest BCUT2D eigenvalue weighted by atomic mass is 16.5. The van der Waals surface area contributed by atoms with Crippen LogP contribution in [0.3, 0.4) is 0 Å². The van der Waals surface area contributed by atoms with Crippen LogP contribution < -0.4 is 4.74 Å². The van der Waals surface area contributed by atoms with E-state index in [0.717, 1.165) is 18.6 Å². The van der Waals surface area contributed by atoms with Gasteiger partial charge in [0.05, 0.1) is 0 Å². The fourth-order valence-electron chi connectivity index (χ4n) is 2.63. The predicted octanol–water partition coefficient (Wildman–Crippen LogP) is 5.05. The van der Waals surface area contributed by atoms with Gasteiger partial charge in [0.25, 0.3) is 0 Å². The molecule has 0 N–H and O–H groups in total. The van der Waals surface area contributed by atoms with Crippen LogP contribution in [0.4, 0.5) is 0 Å². The van der Waals surface area contributed by atoms with Gasteiger partial charge in [0.1, 0.15) is 18.1 Å². The Labute approximate surface area is 139 Å². The summed E-state index contributed by atoms with van der Waals surface area (Å²) < 4.78 is 5.96. The Morgan fingerprint density at radius 2 is 1.78 bits per heavy atom. The van der Waals surface area contributed by atoms with E-state index in [0.29, 0.717) is 25.2 Å². The van der Waals surface area contributed by atoms with Crippen molar-refractivity contribution in [2.75, 3.05) is 0 Å². The topological polar surface area (TPSA) is 26.3 Å². The molecule has 0 unspecified atom stereocenters. The third-order valence-corrected chi connectivity index (χ3v) is 4.29. The molecule has 0 heterocycles. The number of aryl methyl sites for hydroxylation is 3. The van der Waals surface area contributed by atoms with Crippen LogP contribution in [0.25, 0.3) is 0 Å². The molecule has 0 aliphatic rings. The maximum Gasteiger partial charge on any atom is 0.132 e. The number of rotatable bonds is 8. The maximum absolute atomic E-state index is 11.6. The van der Waals surface area contributed by atoms with E-state index in [-0.39, 0.29) is 0 Å². The van der Waals surface area contributed by atoms with Gasteiger partial charge >= 0.3 is 0 Å². The standard InChI is InChI=1S/C21H26O2/c1-4-17-9-13-20(14-10-17)23-15-21-16(3)7-6-8-18(21)11-12-19(22)5-2/h6-10,13-14H,4-5,11-12,15H2,1-3H3. The molecule has 0 fully saturated rings. The molecule has 0 bridgehead atoms. The number of carbonyl (C=O) groups excluding carboxylic acids is 1. The Morgan fingerprint density at radius 1 is 1.04 bits per heavy atom. The summed E-state index contributed by atoms with van der Waals surface area (Å²) >= 11 is 0. The van der Waals surface area contributed by atoms with Crippen LogP contribution in [0.5, 0.6) is 5.75 Å². The first-order chi connectivity index (χ1) is 11.1. The number of benzene rings is 2. The molecule has 2 aromatic rings. The average Bonchev–Trinajstić information content (AvgIpc) is 2.59. The molecule has 2 rings (SSSR count). The minimum Gasteiger partial charge on any atom is -0.489 e. The summed E-state index contributed by atoms with van der Waals surface area (Å²) in [7, 11) is 0. The van der Waals surface area contributed by atoms with Gasteiger partial charge in [-0.2, -0.15) is 0 Å². The number of ketones is 1. The first-order valence-electron chi connectivity index (χ1n) is 8.44. The van der Waals surface area contributed by atoms with Gasteiger partial charge in [-0.15, -0.1) is 0 Å². The monoisotopic (exact) mass is 310 g/mol. The van der Waals surface area contributed by atoms with Crippen LogP contribution in [-0.4, -0.2) is 5.78 Å². The molecule has 0 saturated carbocycles. The van der Waals surface area contributed by atoms with Gasteiger partial charge in [0.15, 0.2) is 0 Å². The molecule has 23 heavy (non-hydrogen) atoms. The molecule has 2 nitrogen and oxygen atoms in total. The molecule has 2 aromatic carbocycles. The van der Waals surface area contributed by atoms with E-state index in [1.807, 2.05) is 19.1 Å². The van der Waals surface area contributed by atoms with Crippen LogP contribution in [-0.2, 0) is 24.2 Å². The lowest BCUT2D eigenvalue weighted by Crippen LogP contribution is -2.05. The van der Waals surface area contributed by atoms with E-state index in [9.17, 15) is 4.79 Å². The number of carbonyl (C=O) groups is 1. The molecule has 0 aliphatic heterocycles. The van der Waals surface area contributed by atoms with E-state index < -0.39 is 0 Å². The summed E-state index contributed by atoms with van der Waals surface area (Å²) in [5.41, 5.74) is 4.96. The lowest BCUT2D eigenvalue weighted by atomic mass is 9.97. The Kier molecular flexibility index (Phi) is 6.40. The second-order valence-electron chi connectivity index (χ2n) is 5.89. The lowest BCUT2D eigenvalue weighted by Gasteiger charge is -2.14. The molecule has 0 aromatic heterocycles. The molecule has 122 valence electrons. The third kappa shape index (κ3) is 4.95. The van der Waals surface area contributed by atoms with Crippen molar-refractivity contribution in [2.45, 2.75) is 53.1 Å². The Hall–Kier alpha value is -2.09. The van der Waals surface area contributed by atoms with Crippen molar-refractivity contribution < 1.29 is 9.53 Å². The van der Waals surface area contributed by atoms with Crippen LogP contribution in [0.2, 0.25) is 0 Å². The summed E-state index contributed by atoms with van der Waals surface area (Å²) in [6, 6.07) is 14.5. The van der Waals surface area contributed by atoms with Gasteiger partial charge < -0.3 is 4.74 Å². The van der Waals surface area contributed by atoms with Gasteiger partial charge in [-0.3, -0.25) is 4.79 Å². The van der Waals surface area contributed by atoms with Gasteiger partial charge in [0.2, 0.25) is 0 Å². The van der Waals surface area contributed by atoms with Crippen LogP contribution in [0.1, 0.15) is 48.9 Å². The fraction of sp³-hybridized carbons (Fsp3) is 0.381. The van der Waals surface area contributed by atoms with Crippen LogP contribution >= 0.6 is 0 Å². The van der Waals surface area contributed by atoms with Crippen molar-refractivity contribution >= 4 is 5.78 Å². The molecule has 0 spiro atoms. The zero-order valence-corrected chi connectivity index (χ0v) is 14.4. The molecule has 0 aliphatic carbocycles. The highest BCUT2D eigenvalue weighted by Crippen LogP contribution is 2.20. The zero-order chi connectivity index (χ0) is 16.7. The lowest BCUT2D eigenvalue weighted by molar-refractivity contribution is -0.118. The smallest absolute Gasteiger partial charge is 0.132 e. The summed E-state index contributed by atoms with van der Waals surface area (Å²) in [6.07, 6.45) is 3.05. The van der Waals surface area contributed by atoms with Crippen molar-refractivity contribution in [3.63, 3.8) is 0 Å². The predicted molar refractivity (Wildman–Crippen MR) is 95.0 cm³/mol. The summed E-state index contributed by atoms with van der Waals surface area (Å²) in [4.78, 5) is 11.6. The number of ether oxygens (including phenoxy) is 1. The highest BCUT2D eigenvalue weighted by Gasteiger charge is 2.08. The highest BCUT2D eigenvalue weighted by molar-refractivity contribution is 5.78. The van der Waals surface area contributed by atoms with Crippen molar-refractivity contribution in [2.24, 2.45) is 0 Å². The molecule has 0 atom stereocenters. The van der Waals surface area contributed by atoms with Crippen LogP contribution in [0, 0.1) is 6.92 Å². The van der Waals surface area contributed by atoms with E-state index >= 15 is 0 Å². The normalized spacial score (nSPS) is 10.6. The van der Waals surface area contributed by atoms with E-state index in [1.54, 1.807) is 0 Å². The van der Waals surface area contributed by atoms with E-state index in [2.05, 4.69) is 44.2 Å². The zero-order valence-electron chi connectivity index (χ0n) is 14.4. The second-order valence-corrected chi connectivity index (χ2v) is 5.89. The summed E-state index contributed by atoms with van der Waals surface area (Å²) in [6.45, 7) is 6.72. The van der Waals surface area contributed by atoms with Gasteiger partial charge in [-0.1, -0.05) is 44.2 Å². The third-order valence-electron chi connectivity index (χ3n) is 4.29. The molecule has 0 saturated heterocycles. The average molecular weight is 310 g/mol. The molecule has 2 heteroatoms. The molecule has 0 radical (unpaired) electrons. The molecule has 0 amide bonds. The maximum atomic E-state index is 11.6. The minimum absolute atomic E-state index is 0.313. The molecular weight excluding hydrogens is 284 g/mol. The van der Waals surface area contributed by atoms with Crippen molar-refractivity contribution in [1.29, 1.82) is 0 Å². The van der Waals surface area contributed by atoms with Gasteiger partial charge in [-0.05, 0) is 54.2 Å². The van der Waals surface area contributed by atoms with Crippen molar-refractivity contribution in [1.82, 2.24) is 0 Å². The number of hydrogen-bond donors (Lipinski definition) is 0. The fourth-order valence-corrected chi connectivity index (χ4v) is 2.63. The Balaban J connectivity index is 2.06. The van der Waals surface area contributed by atoms with E-state index in [4.69, 9.17) is 4.74 Å². The molecular formula is C21H26O2. The number of Topliss-reactive ketones (excluding diaryl/α,β-unsaturated/α-hetero) is 1. The van der Waals surface area contributed by atoms with E-state index in [1.165, 1.54) is 22.3 Å². The Bertz CT molecular complexity index is 641.